The fourth-order valence-corrected chi connectivity index (χ4v) is 4.17. The predicted molar refractivity (Wildman–Crippen MR) is 104 cm³/mol. The molecule has 0 saturated heterocycles. The quantitative estimate of drug-likeness (QED) is 0.590. The third kappa shape index (κ3) is 4.06. The van der Waals surface area contributed by atoms with Crippen LogP contribution in [0.15, 0.2) is 67.0 Å². The highest BCUT2D eigenvalue weighted by Crippen LogP contribution is 2.35. The summed E-state index contributed by atoms with van der Waals surface area (Å²) in [6.07, 6.45) is 2.62. The number of carbonyl (C=O) groups is 1. The van der Waals surface area contributed by atoms with E-state index in [0.29, 0.717) is 17.0 Å². The molecule has 0 unspecified atom stereocenters. The third-order valence-electron chi connectivity index (χ3n) is 4.36. The van der Waals surface area contributed by atoms with Crippen molar-refractivity contribution < 1.29 is 22.7 Å². The number of ether oxygens (including phenoxy) is 2. The van der Waals surface area contributed by atoms with E-state index in [-0.39, 0.29) is 19.7 Å². The van der Waals surface area contributed by atoms with Gasteiger partial charge in [-0.15, -0.1) is 5.10 Å². The molecule has 1 atom stereocenters. The van der Waals surface area contributed by atoms with Crippen LogP contribution in [0.3, 0.4) is 0 Å². The van der Waals surface area contributed by atoms with Crippen molar-refractivity contribution in [3.05, 3.63) is 72.6 Å². The van der Waals surface area contributed by atoms with Crippen molar-refractivity contribution in [2.24, 2.45) is 0 Å². The number of carbonyl (C=O) groups excluding carboxylic acids is 1. The van der Waals surface area contributed by atoms with Crippen molar-refractivity contribution in [1.29, 1.82) is 0 Å². The summed E-state index contributed by atoms with van der Waals surface area (Å²) >= 11 is 0. The molecule has 1 aliphatic heterocycles. The molecule has 0 spiro atoms. The Bertz CT molecular complexity index is 1090. The van der Waals surface area contributed by atoms with Gasteiger partial charge >= 0.3 is 15.3 Å². The van der Waals surface area contributed by atoms with Crippen LogP contribution in [0.1, 0.15) is 5.56 Å². The predicted octanol–water partition coefficient (Wildman–Crippen LogP) is 2.21. The maximum Gasteiger partial charge on any atom is 0.445 e. The number of para-hydroxylation sites is 2. The number of hydrogen-bond acceptors (Lipinski definition) is 7. The Balaban J connectivity index is 1.56. The average molecular weight is 414 g/mol. The molecule has 1 aliphatic rings. The molecule has 0 N–H and O–H groups in total. The van der Waals surface area contributed by atoms with Crippen LogP contribution in [-0.4, -0.2) is 41.4 Å². The van der Waals surface area contributed by atoms with Crippen molar-refractivity contribution in [2.45, 2.75) is 19.3 Å². The average Bonchev–Trinajstić information content (AvgIpc) is 3.25. The minimum atomic E-state index is -4.41. The lowest BCUT2D eigenvalue weighted by molar-refractivity contribution is 0.163. The van der Waals surface area contributed by atoms with E-state index in [1.165, 1.54) is 10.9 Å². The zero-order valence-corrected chi connectivity index (χ0v) is 16.1. The normalized spacial score (nSPS) is 16.0. The number of rotatable bonds is 5. The minimum absolute atomic E-state index is 0.0559. The van der Waals surface area contributed by atoms with Gasteiger partial charge in [0.25, 0.3) is 0 Å². The van der Waals surface area contributed by atoms with Crippen LogP contribution in [0.25, 0.3) is 0 Å². The molecule has 2 aromatic carbocycles. The SMILES string of the molecule is O=C(OCc1ccccc1)S(=O)(=O)N1C[C@H](Cn2ccnn2)Oc2ccccc21. The van der Waals surface area contributed by atoms with E-state index in [1.807, 2.05) is 6.07 Å². The molecule has 2 heterocycles. The second-order valence-corrected chi connectivity index (χ2v) is 8.12. The lowest BCUT2D eigenvalue weighted by Gasteiger charge is -2.34. The van der Waals surface area contributed by atoms with Gasteiger partial charge in [-0.2, -0.15) is 8.42 Å². The van der Waals surface area contributed by atoms with Gasteiger partial charge in [-0.1, -0.05) is 47.7 Å². The number of fused-ring (bicyclic) bond motifs is 1. The van der Waals surface area contributed by atoms with E-state index >= 15 is 0 Å². The van der Waals surface area contributed by atoms with Crippen molar-refractivity contribution in [3.8, 4) is 5.75 Å². The first kappa shape index (κ1) is 18.9. The Labute approximate surface area is 167 Å². The number of anilines is 1. The summed E-state index contributed by atoms with van der Waals surface area (Å²) in [6.45, 7) is 0.0896. The standard InChI is InChI=1S/C19H18N4O5S/c24-19(27-14-15-6-2-1-3-7-15)29(25,26)23-13-16(12-22-11-10-20-21-22)28-18-9-5-4-8-17(18)23/h1-11,16H,12-14H2/t16-/m0/s1. The summed E-state index contributed by atoms with van der Waals surface area (Å²) in [4.78, 5) is 12.5. The van der Waals surface area contributed by atoms with E-state index in [0.717, 1.165) is 4.31 Å². The number of nitrogens with zero attached hydrogens (tertiary/aromatic N) is 4. The molecule has 10 heteroatoms. The van der Waals surface area contributed by atoms with Gasteiger partial charge in [0.2, 0.25) is 0 Å². The second kappa shape index (κ2) is 7.92. The van der Waals surface area contributed by atoms with Crippen LogP contribution >= 0.6 is 0 Å². The topological polar surface area (TPSA) is 104 Å². The molecule has 4 rings (SSSR count). The molecule has 3 aromatic rings. The lowest BCUT2D eigenvalue weighted by Crippen LogP contribution is -2.47. The van der Waals surface area contributed by atoms with Crippen LogP contribution in [-0.2, 0) is 27.9 Å². The summed E-state index contributed by atoms with van der Waals surface area (Å²) in [5.74, 6) is 0.364. The van der Waals surface area contributed by atoms with Crippen molar-refractivity contribution in [3.63, 3.8) is 0 Å². The van der Waals surface area contributed by atoms with Gasteiger partial charge in [-0.3, -0.25) is 4.31 Å². The fraction of sp³-hybridized carbons (Fsp3) is 0.211. The molecular formula is C19H18N4O5S. The summed E-state index contributed by atoms with van der Waals surface area (Å²) in [5, 5.41) is 6.30. The van der Waals surface area contributed by atoms with Gasteiger partial charge < -0.3 is 9.47 Å². The molecule has 0 radical (unpaired) electrons. The Morgan fingerprint density at radius 1 is 1.14 bits per heavy atom. The van der Waals surface area contributed by atoms with E-state index in [4.69, 9.17) is 9.47 Å². The van der Waals surface area contributed by atoms with Crippen molar-refractivity contribution in [2.75, 3.05) is 10.8 Å². The molecule has 0 bridgehead atoms. The van der Waals surface area contributed by atoms with Gasteiger partial charge in [0.1, 0.15) is 18.5 Å². The van der Waals surface area contributed by atoms with Crippen LogP contribution in [0.2, 0.25) is 0 Å². The van der Waals surface area contributed by atoms with Crippen molar-refractivity contribution in [1.82, 2.24) is 15.0 Å². The van der Waals surface area contributed by atoms with Gasteiger partial charge in [0, 0.05) is 6.20 Å². The van der Waals surface area contributed by atoms with Crippen LogP contribution in [0, 0.1) is 0 Å². The van der Waals surface area contributed by atoms with E-state index in [2.05, 4.69) is 10.3 Å². The summed E-state index contributed by atoms with van der Waals surface area (Å²) < 4.78 is 39.5. The van der Waals surface area contributed by atoms with Crippen LogP contribution < -0.4 is 9.04 Å². The third-order valence-corrected chi connectivity index (χ3v) is 5.83. The first-order valence-corrected chi connectivity index (χ1v) is 10.3. The largest absolute Gasteiger partial charge is 0.484 e. The Kier molecular flexibility index (Phi) is 5.17. The highest BCUT2D eigenvalue weighted by Gasteiger charge is 2.39. The molecule has 9 nitrogen and oxygen atoms in total. The molecule has 0 saturated carbocycles. The Morgan fingerprint density at radius 2 is 1.90 bits per heavy atom. The Hall–Kier alpha value is -3.40. The number of benzene rings is 2. The van der Waals surface area contributed by atoms with Crippen LogP contribution in [0.4, 0.5) is 10.5 Å². The van der Waals surface area contributed by atoms with Crippen molar-refractivity contribution >= 4 is 21.0 Å². The number of hydrogen-bond donors (Lipinski definition) is 0. The van der Waals surface area contributed by atoms with E-state index < -0.39 is 21.4 Å². The van der Waals surface area contributed by atoms with Crippen LogP contribution in [0.5, 0.6) is 5.75 Å². The second-order valence-electron chi connectivity index (χ2n) is 6.39. The highest BCUT2D eigenvalue weighted by molar-refractivity contribution is 8.06. The van der Waals surface area contributed by atoms with E-state index in [9.17, 15) is 13.2 Å². The lowest BCUT2D eigenvalue weighted by atomic mass is 10.2. The van der Waals surface area contributed by atoms with Gasteiger partial charge in [-0.25, -0.2) is 9.48 Å². The molecule has 0 aliphatic carbocycles. The Morgan fingerprint density at radius 3 is 2.66 bits per heavy atom. The number of sulfonamides is 1. The summed E-state index contributed by atoms with van der Waals surface area (Å²) in [5.41, 5.74) is 0.987. The van der Waals surface area contributed by atoms with E-state index in [1.54, 1.807) is 54.7 Å². The fourth-order valence-electron chi connectivity index (χ4n) is 3.01. The summed E-state index contributed by atoms with van der Waals surface area (Å²) in [7, 11) is -4.41. The molecular weight excluding hydrogens is 396 g/mol. The first-order valence-electron chi connectivity index (χ1n) is 8.87. The van der Waals surface area contributed by atoms with Gasteiger partial charge in [0.05, 0.1) is 25.0 Å². The molecule has 150 valence electrons. The number of aromatic nitrogens is 3. The molecule has 29 heavy (non-hydrogen) atoms. The minimum Gasteiger partial charge on any atom is -0.484 e. The van der Waals surface area contributed by atoms with Gasteiger partial charge in [0.15, 0.2) is 0 Å². The smallest absolute Gasteiger partial charge is 0.445 e. The van der Waals surface area contributed by atoms with Gasteiger partial charge in [-0.05, 0) is 17.7 Å². The maximum absolute atomic E-state index is 13.0. The zero-order valence-electron chi connectivity index (χ0n) is 15.3. The maximum atomic E-state index is 13.0. The monoisotopic (exact) mass is 414 g/mol. The first-order chi connectivity index (χ1) is 14.0. The molecule has 1 aromatic heterocycles. The molecule has 0 fully saturated rings. The molecule has 0 amide bonds. The highest BCUT2D eigenvalue weighted by atomic mass is 32.2. The zero-order chi connectivity index (χ0) is 20.3. The summed E-state index contributed by atoms with van der Waals surface area (Å²) in [6, 6.07) is 15.5.